The Bertz CT molecular complexity index is 783. The summed E-state index contributed by atoms with van der Waals surface area (Å²) in [5, 5.41) is 9.21. The average molecular weight is 520 g/mol. The second kappa shape index (κ2) is 15.6. The smallest absolute Gasteiger partial charge is 0.411 e. The van der Waals surface area contributed by atoms with Gasteiger partial charge < -0.3 is 29.0 Å². The third-order valence-corrected chi connectivity index (χ3v) is 5.68. The number of halogens is 3. The zero-order valence-corrected chi connectivity index (χ0v) is 20.6. The lowest BCUT2D eigenvalue weighted by atomic mass is 9.98. The number of hydrogen-bond donors (Lipinski definition) is 1. The molecule has 0 radical (unpaired) electrons. The molecule has 0 bridgehead atoms. The summed E-state index contributed by atoms with van der Waals surface area (Å²) < 4.78 is 58.0. The number of carbonyl (C=O) groups excluding carboxylic acids is 1. The summed E-state index contributed by atoms with van der Waals surface area (Å²) in [4.78, 5) is 25.4. The van der Waals surface area contributed by atoms with E-state index in [1.807, 2.05) is 0 Å². The number of ether oxygens (including phenoxy) is 4. The lowest BCUT2D eigenvalue weighted by Crippen LogP contribution is -2.38. The molecule has 36 heavy (non-hydrogen) atoms. The van der Waals surface area contributed by atoms with Crippen molar-refractivity contribution in [3.8, 4) is 5.75 Å². The molecule has 2 rings (SSSR count). The summed E-state index contributed by atoms with van der Waals surface area (Å²) in [6.07, 6.45) is -0.778. The van der Waals surface area contributed by atoms with E-state index in [2.05, 4.69) is 4.74 Å². The third kappa shape index (κ3) is 11.9. The maximum absolute atomic E-state index is 12.7. The molecular formula is C25H36F3NO7. The normalized spacial score (nSPS) is 15.3. The van der Waals surface area contributed by atoms with Gasteiger partial charge in [0, 0.05) is 26.2 Å². The van der Waals surface area contributed by atoms with E-state index in [0.29, 0.717) is 12.4 Å². The van der Waals surface area contributed by atoms with Crippen LogP contribution in [-0.4, -0.2) is 80.0 Å². The topological polar surface area (TPSA) is 94.5 Å². The van der Waals surface area contributed by atoms with Crippen molar-refractivity contribution in [2.45, 2.75) is 70.3 Å². The van der Waals surface area contributed by atoms with Crippen LogP contribution in [0, 0.1) is 0 Å². The zero-order chi connectivity index (χ0) is 26.4. The van der Waals surface area contributed by atoms with Crippen LogP contribution in [0.15, 0.2) is 24.3 Å². The van der Waals surface area contributed by atoms with Gasteiger partial charge in [0.2, 0.25) is 0 Å². The van der Waals surface area contributed by atoms with Gasteiger partial charge in [0.25, 0.3) is 0 Å². The predicted octanol–water partition coefficient (Wildman–Crippen LogP) is 4.84. The Labute approximate surface area is 209 Å². The lowest BCUT2D eigenvalue weighted by molar-refractivity contribution is -0.174. The number of hydrogen-bond acceptors (Lipinski definition) is 6. The van der Waals surface area contributed by atoms with Gasteiger partial charge in [0.15, 0.2) is 6.10 Å². The van der Waals surface area contributed by atoms with Crippen LogP contribution < -0.4 is 4.74 Å². The first kappa shape index (κ1) is 29.7. The number of amides is 1. The molecule has 1 fully saturated rings. The van der Waals surface area contributed by atoms with Gasteiger partial charge in [-0.2, -0.15) is 13.2 Å². The molecule has 1 N–H and O–H groups in total. The highest BCUT2D eigenvalue weighted by Gasteiger charge is 2.27. The molecule has 204 valence electrons. The van der Waals surface area contributed by atoms with E-state index in [0.717, 1.165) is 37.7 Å². The van der Waals surface area contributed by atoms with Gasteiger partial charge >= 0.3 is 18.2 Å². The van der Waals surface area contributed by atoms with Crippen LogP contribution in [-0.2, 0) is 25.4 Å². The second-order valence-corrected chi connectivity index (χ2v) is 8.63. The fourth-order valence-corrected chi connectivity index (χ4v) is 3.87. The Morgan fingerprint density at radius 2 is 1.78 bits per heavy atom. The van der Waals surface area contributed by atoms with E-state index < -0.39 is 30.9 Å². The molecule has 0 aromatic heterocycles. The summed E-state index contributed by atoms with van der Waals surface area (Å²) in [5.74, 6) is -0.489. The number of carbonyl (C=O) groups is 2. The number of benzene rings is 1. The van der Waals surface area contributed by atoms with Gasteiger partial charge in [-0.15, -0.1) is 0 Å². The standard InChI is InChI=1S/C25H36F3NO7/c1-2-34-22(23(30)31)17-19-9-11-20(12-10-19)35-16-14-29(13-6-15-33-18-25(26,27)28)24(32)36-21-7-4-3-5-8-21/h9-12,21-22H,2-8,13-18H2,1H3,(H,30,31). The van der Waals surface area contributed by atoms with Crippen molar-refractivity contribution >= 4 is 12.1 Å². The maximum Gasteiger partial charge on any atom is 0.411 e. The van der Waals surface area contributed by atoms with Gasteiger partial charge in [-0.1, -0.05) is 18.6 Å². The maximum atomic E-state index is 12.7. The molecule has 0 saturated heterocycles. The zero-order valence-electron chi connectivity index (χ0n) is 20.6. The van der Waals surface area contributed by atoms with Gasteiger partial charge in [0.1, 0.15) is 25.1 Å². The molecule has 11 heteroatoms. The molecule has 1 atom stereocenters. The fourth-order valence-electron chi connectivity index (χ4n) is 3.87. The minimum atomic E-state index is -4.39. The van der Waals surface area contributed by atoms with Crippen molar-refractivity contribution in [3.63, 3.8) is 0 Å². The van der Waals surface area contributed by atoms with E-state index in [9.17, 15) is 27.9 Å². The minimum absolute atomic E-state index is 0.131. The van der Waals surface area contributed by atoms with Crippen LogP contribution in [0.3, 0.4) is 0 Å². The van der Waals surface area contributed by atoms with Crippen LogP contribution in [0.5, 0.6) is 5.75 Å². The molecule has 1 aliphatic carbocycles. The quantitative estimate of drug-likeness (QED) is 0.332. The first-order valence-electron chi connectivity index (χ1n) is 12.3. The number of rotatable bonds is 15. The molecule has 1 amide bonds. The summed E-state index contributed by atoms with van der Waals surface area (Å²) in [6, 6.07) is 6.90. The van der Waals surface area contributed by atoms with Gasteiger partial charge in [-0.25, -0.2) is 9.59 Å². The van der Waals surface area contributed by atoms with Crippen LogP contribution in [0.2, 0.25) is 0 Å². The molecule has 0 aliphatic heterocycles. The molecule has 1 aromatic rings. The number of carboxylic acid groups (broad SMARTS) is 1. The Kier molecular flexibility index (Phi) is 12.8. The largest absolute Gasteiger partial charge is 0.492 e. The van der Waals surface area contributed by atoms with E-state index in [4.69, 9.17) is 14.2 Å². The summed E-state index contributed by atoms with van der Waals surface area (Å²) in [5.41, 5.74) is 0.778. The Balaban J connectivity index is 1.84. The number of aliphatic carboxylic acids is 1. The number of alkyl halides is 3. The fraction of sp³-hybridized carbons (Fsp3) is 0.680. The first-order valence-corrected chi connectivity index (χ1v) is 12.3. The molecule has 1 saturated carbocycles. The van der Waals surface area contributed by atoms with Gasteiger partial charge in [-0.3, -0.25) is 0 Å². The highest BCUT2D eigenvalue weighted by atomic mass is 19.4. The molecule has 0 spiro atoms. The van der Waals surface area contributed by atoms with Crippen molar-refractivity contribution in [2.24, 2.45) is 0 Å². The SMILES string of the molecule is CCOC(Cc1ccc(OCCN(CCCOCC(F)(F)F)C(=O)OC2CCCCC2)cc1)C(=O)O. The van der Waals surface area contributed by atoms with Crippen molar-refractivity contribution in [1.82, 2.24) is 4.90 Å². The summed E-state index contributed by atoms with van der Waals surface area (Å²) in [6.45, 7) is 1.10. The van der Waals surface area contributed by atoms with E-state index >= 15 is 0 Å². The first-order chi connectivity index (χ1) is 17.2. The highest BCUT2D eigenvalue weighted by molar-refractivity contribution is 5.72. The van der Waals surface area contributed by atoms with Crippen LogP contribution in [0.25, 0.3) is 0 Å². The van der Waals surface area contributed by atoms with Crippen molar-refractivity contribution in [2.75, 3.05) is 39.5 Å². The lowest BCUT2D eigenvalue weighted by Gasteiger charge is -2.27. The minimum Gasteiger partial charge on any atom is -0.492 e. The Morgan fingerprint density at radius 1 is 1.08 bits per heavy atom. The molecule has 8 nitrogen and oxygen atoms in total. The van der Waals surface area contributed by atoms with E-state index in [-0.39, 0.29) is 45.2 Å². The van der Waals surface area contributed by atoms with E-state index in [1.165, 1.54) is 4.90 Å². The highest BCUT2D eigenvalue weighted by Crippen LogP contribution is 2.21. The molecule has 0 heterocycles. The summed E-state index contributed by atoms with van der Waals surface area (Å²) in [7, 11) is 0. The molecule has 1 aromatic carbocycles. The third-order valence-electron chi connectivity index (χ3n) is 5.68. The molecule has 1 aliphatic rings. The van der Waals surface area contributed by atoms with Crippen molar-refractivity contribution in [3.05, 3.63) is 29.8 Å². The second-order valence-electron chi connectivity index (χ2n) is 8.63. The Morgan fingerprint density at radius 3 is 2.39 bits per heavy atom. The van der Waals surface area contributed by atoms with Crippen LogP contribution >= 0.6 is 0 Å². The number of nitrogens with zero attached hydrogens (tertiary/aromatic N) is 1. The van der Waals surface area contributed by atoms with Crippen molar-refractivity contribution < 1.29 is 46.8 Å². The summed E-state index contributed by atoms with van der Waals surface area (Å²) >= 11 is 0. The predicted molar refractivity (Wildman–Crippen MR) is 125 cm³/mol. The Hall–Kier alpha value is -2.53. The van der Waals surface area contributed by atoms with Crippen LogP contribution in [0.4, 0.5) is 18.0 Å². The number of carboxylic acids is 1. The van der Waals surface area contributed by atoms with Crippen LogP contribution in [0.1, 0.15) is 51.0 Å². The monoisotopic (exact) mass is 519 g/mol. The van der Waals surface area contributed by atoms with E-state index in [1.54, 1.807) is 31.2 Å². The van der Waals surface area contributed by atoms with Gasteiger partial charge in [0.05, 0.1) is 6.54 Å². The van der Waals surface area contributed by atoms with Gasteiger partial charge in [-0.05, 0) is 56.7 Å². The molecular weight excluding hydrogens is 483 g/mol. The van der Waals surface area contributed by atoms with Crippen molar-refractivity contribution in [1.29, 1.82) is 0 Å². The molecule has 1 unspecified atom stereocenters. The average Bonchev–Trinajstić information content (AvgIpc) is 2.83.